The van der Waals surface area contributed by atoms with Crippen LogP contribution in [0.2, 0.25) is 0 Å². The second kappa shape index (κ2) is 9.56. The van der Waals surface area contributed by atoms with Gasteiger partial charge in [0.05, 0.1) is 10.9 Å². The first-order valence-corrected chi connectivity index (χ1v) is 13.4. The molecule has 0 unspecified atom stereocenters. The molecule has 2 saturated heterocycles. The van der Waals surface area contributed by atoms with Gasteiger partial charge in [-0.3, -0.25) is 9.69 Å². The SMILES string of the molecule is C[C@H](C(=O)Nc1ccc(S(=O)(=O)N2CCCC2)cc1)N1CCC[C@H]1c1ccc2c(c1)OCCO2. The number of nitrogens with zero attached hydrogens (tertiary/aromatic N) is 2. The van der Waals surface area contributed by atoms with E-state index in [0.29, 0.717) is 32.0 Å². The average Bonchev–Trinajstić information content (AvgIpc) is 3.56. The lowest BCUT2D eigenvalue weighted by atomic mass is 10.0. The highest BCUT2D eigenvalue weighted by molar-refractivity contribution is 7.89. The third-order valence-electron chi connectivity index (χ3n) is 6.95. The first kappa shape index (κ1) is 23.1. The Hall–Kier alpha value is -2.62. The normalized spacial score (nSPS) is 22.0. The minimum Gasteiger partial charge on any atom is -0.486 e. The second-order valence-corrected chi connectivity index (χ2v) is 11.0. The van der Waals surface area contributed by atoms with E-state index in [1.54, 1.807) is 24.3 Å². The Bertz CT molecular complexity index is 1150. The maximum Gasteiger partial charge on any atom is 0.243 e. The topological polar surface area (TPSA) is 88.2 Å². The number of carbonyl (C=O) groups excluding carboxylic acids is 1. The number of hydrogen-bond acceptors (Lipinski definition) is 6. The number of amides is 1. The van der Waals surface area contributed by atoms with Crippen LogP contribution in [0.25, 0.3) is 0 Å². The Balaban J connectivity index is 1.25. The van der Waals surface area contributed by atoms with Crippen molar-refractivity contribution in [3.63, 3.8) is 0 Å². The fraction of sp³-hybridized carbons (Fsp3) is 0.480. The van der Waals surface area contributed by atoms with Gasteiger partial charge in [-0.15, -0.1) is 0 Å². The van der Waals surface area contributed by atoms with E-state index in [1.165, 1.54) is 4.31 Å². The molecule has 3 heterocycles. The molecule has 34 heavy (non-hydrogen) atoms. The molecule has 2 fully saturated rings. The molecule has 2 aromatic rings. The molecule has 1 N–H and O–H groups in total. The highest BCUT2D eigenvalue weighted by Gasteiger charge is 2.34. The number of fused-ring (bicyclic) bond motifs is 1. The molecule has 9 heteroatoms. The first-order valence-electron chi connectivity index (χ1n) is 12.0. The fourth-order valence-corrected chi connectivity index (χ4v) is 6.58. The van der Waals surface area contributed by atoms with Crippen molar-refractivity contribution in [2.75, 3.05) is 38.2 Å². The zero-order chi connectivity index (χ0) is 23.7. The molecular weight excluding hydrogens is 454 g/mol. The maximum absolute atomic E-state index is 13.1. The first-order chi connectivity index (χ1) is 16.4. The van der Waals surface area contributed by atoms with Crippen molar-refractivity contribution in [2.24, 2.45) is 0 Å². The molecule has 8 nitrogen and oxygen atoms in total. The Morgan fingerprint density at radius 1 is 0.971 bits per heavy atom. The van der Waals surface area contributed by atoms with Gasteiger partial charge in [0.25, 0.3) is 0 Å². The number of nitrogens with one attached hydrogen (secondary N) is 1. The van der Waals surface area contributed by atoms with Crippen molar-refractivity contribution < 1.29 is 22.7 Å². The van der Waals surface area contributed by atoms with Gasteiger partial charge in [0.2, 0.25) is 15.9 Å². The number of hydrogen-bond donors (Lipinski definition) is 1. The Kier molecular flexibility index (Phi) is 6.50. The molecular formula is C25H31N3O5S. The minimum atomic E-state index is -3.46. The largest absolute Gasteiger partial charge is 0.486 e. The molecule has 0 spiro atoms. The predicted molar refractivity (Wildman–Crippen MR) is 129 cm³/mol. The predicted octanol–water partition coefficient (Wildman–Crippen LogP) is 3.41. The van der Waals surface area contributed by atoms with E-state index in [4.69, 9.17) is 9.47 Å². The fourth-order valence-electron chi connectivity index (χ4n) is 5.06. The molecule has 0 radical (unpaired) electrons. The van der Waals surface area contributed by atoms with E-state index >= 15 is 0 Å². The quantitative estimate of drug-likeness (QED) is 0.675. The summed E-state index contributed by atoms with van der Waals surface area (Å²) in [5.74, 6) is 1.41. The lowest BCUT2D eigenvalue weighted by molar-refractivity contribution is -0.121. The van der Waals surface area contributed by atoms with E-state index in [-0.39, 0.29) is 22.9 Å². The number of sulfonamides is 1. The van der Waals surface area contributed by atoms with Crippen LogP contribution < -0.4 is 14.8 Å². The van der Waals surface area contributed by atoms with Crippen molar-refractivity contribution in [2.45, 2.75) is 49.6 Å². The van der Waals surface area contributed by atoms with E-state index in [2.05, 4.69) is 16.3 Å². The maximum atomic E-state index is 13.1. The molecule has 5 rings (SSSR count). The monoisotopic (exact) mass is 485 g/mol. The summed E-state index contributed by atoms with van der Waals surface area (Å²) in [6.45, 7) is 4.99. The second-order valence-electron chi connectivity index (χ2n) is 9.10. The number of ether oxygens (including phenoxy) is 2. The van der Waals surface area contributed by atoms with E-state index < -0.39 is 10.0 Å². The van der Waals surface area contributed by atoms with Crippen LogP contribution in [0, 0.1) is 0 Å². The highest BCUT2D eigenvalue weighted by atomic mass is 32.2. The van der Waals surface area contributed by atoms with Gasteiger partial charge in [-0.2, -0.15) is 4.31 Å². The van der Waals surface area contributed by atoms with Crippen LogP contribution in [0.3, 0.4) is 0 Å². The zero-order valence-electron chi connectivity index (χ0n) is 19.4. The smallest absolute Gasteiger partial charge is 0.243 e. The summed E-state index contributed by atoms with van der Waals surface area (Å²) in [5, 5.41) is 2.96. The van der Waals surface area contributed by atoms with Crippen LogP contribution in [0.5, 0.6) is 11.5 Å². The molecule has 3 aliphatic heterocycles. The molecule has 0 bridgehead atoms. The van der Waals surface area contributed by atoms with Crippen molar-refractivity contribution >= 4 is 21.6 Å². The molecule has 3 aliphatic rings. The summed E-state index contributed by atoms with van der Waals surface area (Å²) in [6.07, 6.45) is 3.78. The van der Waals surface area contributed by atoms with Crippen LogP contribution in [0.15, 0.2) is 47.4 Å². The molecule has 182 valence electrons. The molecule has 2 aromatic carbocycles. The number of likely N-dealkylation sites (tertiary alicyclic amines) is 1. The lowest BCUT2D eigenvalue weighted by Gasteiger charge is -2.31. The van der Waals surface area contributed by atoms with Crippen molar-refractivity contribution in [1.29, 1.82) is 0 Å². The van der Waals surface area contributed by atoms with E-state index in [9.17, 15) is 13.2 Å². The van der Waals surface area contributed by atoms with Crippen molar-refractivity contribution in [3.05, 3.63) is 48.0 Å². The van der Waals surface area contributed by atoms with Crippen LogP contribution in [-0.2, 0) is 14.8 Å². The van der Waals surface area contributed by atoms with Gasteiger partial charge in [0.15, 0.2) is 11.5 Å². The third-order valence-corrected chi connectivity index (χ3v) is 8.86. The molecule has 0 aromatic heterocycles. The van der Waals surface area contributed by atoms with Crippen molar-refractivity contribution in [3.8, 4) is 11.5 Å². The van der Waals surface area contributed by atoms with Gasteiger partial charge in [-0.25, -0.2) is 8.42 Å². The molecule has 0 saturated carbocycles. The Labute approximate surface area is 200 Å². The standard InChI is InChI=1S/C25H31N3O5S/c1-18(28-14-4-5-22(28)19-6-11-23-24(17-19)33-16-15-32-23)25(29)26-20-7-9-21(10-8-20)34(30,31)27-12-2-3-13-27/h6-11,17-18,22H,2-5,12-16H2,1H3,(H,26,29)/t18-,22+/m1/s1. The highest BCUT2D eigenvalue weighted by Crippen LogP contribution is 2.39. The summed E-state index contributed by atoms with van der Waals surface area (Å²) in [5.41, 5.74) is 1.71. The van der Waals surface area contributed by atoms with Crippen molar-refractivity contribution in [1.82, 2.24) is 9.21 Å². The van der Waals surface area contributed by atoms with Gasteiger partial charge in [0.1, 0.15) is 13.2 Å². The summed E-state index contributed by atoms with van der Waals surface area (Å²) in [4.78, 5) is 15.6. The van der Waals surface area contributed by atoms with E-state index in [0.717, 1.165) is 49.3 Å². The third kappa shape index (κ3) is 4.52. The van der Waals surface area contributed by atoms with Crippen LogP contribution in [0.1, 0.15) is 44.2 Å². The number of rotatable bonds is 6. The van der Waals surface area contributed by atoms with E-state index in [1.807, 2.05) is 19.1 Å². The summed E-state index contributed by atoms with van der Waals surface area (Å²) in [6, 6.07) is 12.3. The lowest BCUT2D eigenvalue weighted by Crippen LogP contribution is -2.41. The minimum absolute atomic E-state index is 0.111. The van der Waals surface area contributed by atoms with Gasteiger partial charge in [-0.05, 0) is 81.1 Å². The van der Waals surface area contributed by atoms with Gasteiger partial charge < -0.3 is 14.8 Å². The zero-order valence-corrected chi connectivity index (χ0v) is 20.2. The average molecular weight is 486 g/mol. The Morgan fingerprint density at radius 2 is 1.68 bits per heavy atom. The Morgan fingerprint density at radius 3 is 2.41 bits per heavy atom. The summed E-state index contributed by atoms with van der Waals surface area (Å²) in [7, 11) is -3.46. The van der Waals surface area contributed by atoms with Crippen LogP contribution in [0.4, 0.5) is 5.69 Å². The summed E-state index contributed by atoms with van der Waals surface area (Å²) < 4.78 is 38.4. The molecule has 0 aliphatic carbocycles. The number of anilines is 1. The van der Waals surface area contributed by atoms with Crippen LogP contribution in [-0.4, -0.2) is 62.4 Å². The van der Waals surface area contributed by atoms with Gasteiger partial charge in [-0.1, -0.05) is 6.07 Å². The van der Waals surface area contributed by atoms with Gasteiger partial charge in [0, 0.05) is 24.8 Å². The number of benzene rings is 2. The van der Waals surface area contributed by atoms with Crippen LogP contribution >= 0.6 is 0 Å². The molecule has 1 amide bonds. The number of carbonyl (C=O) groups is 1. The molecule has 2 atom stereocenters. The summed E-state index contributed by atoms with van der Waals surface area (Å²) >= 11 is 0. The van der Waals surface area contributed by atoms with Gasteiger partial charge >= 0.3 is 0 Å².